The van der Waals surface area contributed by atoms with Gasteiger partial charge in [-0.1, -0.05) is 46.8 Å². The topological polar surface area (TPSA) is 0 Å². The molecule has 1 atom stereocenters. The number of benzene rings is 1. The molecule has 1 heteroatoms. The molecule has 1 rings (SSSR count). The largest absolute Gasteiger partial charge is 0.143 e. The zero-order valence-electron chi connectivity index (χ0n) is 10.4. The van der Waals surface area contributed by atoms with Gasteiger partial charge in [0.05, 0.1) is 0 Å². The van der Waals surface area contributed by atoms with Crippen molar-refractivity contribution in [3.63, 3.8) is 0 Å². The maximum atomic E-state index is 4.32. The molecule has 0 aliphatic carbocycles. The third kappa shape index (κ3) is 3.27. The molecule has 0 bridgehead atoms. The van der Waals surface area contributed by atoms with E-state index in [1.165, 1.54) is 5.56 Å². The van der Waals surface area contributed by atoms with Crippen molar-refractivity contribution in [2.75, 3.05) is 0 Å². The van der Waals surface area contributed by atoms with E-state index in [0.29, 0.717) is 17.3 Å². The van der Waals surface area contributed by atoms with E-state index < -0.39 is 0 Å². The number of thiol groups is 1. The third-order valence-electron chi connectivity index (χ3n) is 2.85. The van der Waals surface area contributed by atoms with Gasteiger partial charge in [-0.25, -0.2) is 0 Å². The van der Waals surface area contributed by atoms with Gasteiger partial charge in [0.25, 0.3) is 0 Å². The summed E-state index contributed by atoms with van der Waals surface area (Å²) in [6.07, 6.45) is 0. The Morgan fingerprint density at radius 1 is 1.00 bits per heavy atom. The molecular formula is C14H22S. The standard InChI is InChI=1S/C14H22S/c1-10(2)13(14(3,4)5)11-6-8-12(15)9-7-11/h6-10,13,15H,1-5H3. The highest BCUT2D eigenvalue weighted by Crippen LogP contribution is 2.40. The summed E-state index contributed by atoms with van der Waals surface area (Å²) >= 11 is 4.32. The Kier molecular flexibility index (Phi) is 3.88. The minimum Gasteiger partial charge on any atom is -0.143 e. The molecule has 0 amide bonds. The first-order valence-corrected chi connectivity index (χ1v) is 6.06. The molecule has 0 aromatic heterocycles. The highest BCUT2D eigenvalue weighted by Gasteiger charge is 2.28. The Morgan fingerprint density at radius 3 is 1.80 bits per heavy atom. The highest BCUT2D eigenvalue weighted by molar-refractivity contribution is 7.80. The van der Waals surface area contributed by atoms with Crippen molar-refractivity contribution in [2.45, 2.75) is 45.4 Å². The van der Waals surface area contributed by atoms with Gasteiger partial charge in [-0.2, -0.15) is 0 Å². The summed E-state index contributed by atoms with van der Waals surface area (Å²) in [5.74, 6) is 1.27. The summed E-state index contributed by atoms with van der Waals surface area (Å²) in [4.78, 5) is 1.04. The monoisotopic (exact) mass is 222 g/mol. The van der Waals surface area contributed by atoms with E-state index in [1.54, 1.807) is 0 Å². The maximum absolute atomic E-state index is 4.32. The molecule has 0 aliphatic heterocycles. The molecule has 84 valence electrons. The van der Waals surface area contributed by atoms with E-state index in [4.69, 9.17) is 0 Å². The van der Waals surface area contributed by atoms with E-state index in [2.05, 4.69) is 71.5 Å². The van der Waals surface area contributed by atoms with Gasteiger partial charge in [0.2, 0.25) is 0 Å². The summed E-state index contributed by atoms with van der Waals surface area (Å²) in [5.41, 5.74) is 1.74. The Hall–Kier alpha value is -0.430. The van der Waals surface area contributed by atoms with Gasteiger partial charge in [0.15, 0.2) is 0 Å². The number of rotatable bonds is 2. The molecule has 0 nitrogen and oxygen atoms in total. The second kappa shape index (κ2) is 4.61. The second-order valence-corrected chi connectivity index (χ2v) is 6.20. The van der Waals surface area contributed by atoms with Gasteiger partial charge in [0.1, 0.15) is 0 Å². The number of hydrogen-bond acceptors (Lipinski definition) is 1. The Labute approximate surface area is 99.5 Å². The van der Waals surface area contributed by atoms with Crippen molar-refractivity contribution in [1.29, 1.82) is 0 Å². The van der Waals surface area contributed by atoms with Crippen molar-refractivity contribution >= 4 is 12.6 Å². The van der Waals surface area contributed by atoms with Gasteiger partial charge in [-0.3, -0.25) is 0 Å². The molecule has 1 aromatic rings. The molecule has 0 aliphatic rings. The predicted octanol–water partition coefficient (Wildman–Crippen LogP) is 4.76. The fraction of sp³-hybridized carbons (Fsp3) is 0.571. The first-order valence-electron chi connectivity index (χ1n) is 5.61. The molecule has 0 N–H and O–H groups in total. The van der Waals surface area contributed by atoms with Crippen LogP contribution in [-0.4, -0.2) is 0 Å². The molecule has 1 unspecified atom stereocenters. The summed E-state index contributed by atoms with van der Waals surface area (Å²) < 4.78 is 0. The van der Waals surface area contributed by atoms with Crippen LogP contribution >= 0.6 is 12.6 Å². The quantitative estimate of drug-likeness (QED) is 0.685. The molecule has 1 aromatic carbocycles. The van der Waals surface area contributed by atoms with E-state index >= 15 is 0 Å². The first kappa shape index (κ1) is 12.6. The first-order chi connectivity index (χ1) is 6.82. The smallest absolute Gasteiger partial charge is 0.00401 e. The Balaban J connectivity index is 3.05. The van der Waals surface area contributed by atoms with Crippen molar-refractivity contribution in [2.24, 2.45) is 11.3 Å². The van der Waals surface area contributed by atoms with Crippen LogP contribution < -0.4 is 0 Å². The lowest BCUT2D eigenvalue weighted by atomic mass is 9.71. The van der Waals surface area contributed by atoms with E-state index in [-0.39, 0.29) is 0 Å². The van der Waals surface area contributed by atoms with Crippen LogP contribution in [0, 0.1) is 11.3 Å². The van der Waals surface area contributed by atoms with Crippen LogP contribution in [0.2, 0.25) is 0 Å². The lowest BCUT2D eigenvalue weighted by molar-refractivity contribution is 0.258. The van der Waals surface area contributed by atoms with Crippen molar-refractivity contribution < 1.29 is 0 Å². The zero-order valence-corrected chi connectivity index (χ0v) is 11.3. The lowest BCUT2D eigenvalue weighted by Crippen LogP contribution is -2.23. The van der Waals surface area contributed by atoms with Crippen molar-refractivity contribution in [3.8, 4) is 0 Å². The van der Waals surface area contributed by atoms with Gasteiger partial charge in [-0.05, 0) is 34.9 Å². The second-order valence-electron chi connectivity index (χ2n) is 5.68. The fourth-order valence-electron chi connectivity index (χ4n) is 2.57. The average molecular weight is 222 g/mol. The van der Waals surface area contributed by atoms with Crippen molar-refractivity contribution in [1.82, 2.24) is 0 Å². The van der Waals surface area contributed by atoms with Crippen LogP contribution in [0.15, 0.2) is 29.2 Å². The highest BCUT2D eigenvalue weighted by atomic mass is 32.1. The molecule has 15 heavy (non-hydrogen) atoms. The van der Waals surface area contributed by atoms with Crippen LogP contribution in [0.3, 0.4) is 0 Å². The van der Waals surface area contributed by atoms with E-state index in [1.807, 2.05) is 0 Å². The van der Waals surface area contributed by atoms with E-state index in [0.717, 1.165) is 4.90 Å². The SMILES string of the molecule is CC(C)C(c1ccc(S)cc1)C(C)(C)C. The molecule has 0 fully saturated rings. The summed E-state index contributed by atoms with van der Waals surface area (Å²) in [6, 6.07) is 8.58. The molecule has 0 radical (unpaired) electrons. The number of hydrogen-bond donors (Lipinski definition) is 1. The normalized spacial score (nSPS) is 14.3. The van der Waals surface area contributed by atoms with Crippen molar-refractivity contribution in [3.05, 3.63) is 29.8 Å². The van der Waals surface area contributed by atoms with Gasteiger partial charge in [-0.15, -0.1) is 12.6 Å². The third-order valence-corrected chi connectivity index (χ3v) is 3.15. The minimum atomic E-state index is 0.312. The van der Waals surface area contributed by atoms with Crippen LogP contribution in [0.4, 0.5) is 0 Å². The zero-order chi connectivity index (χ0) is 11.6. The van der Waals surface area contributed by atoms with Crippen LogP contribution in [0.5, 0.6) is 0 Å². The van der Waals surface area contributed by atoms with Crippen LogP contribution in [0.25, 0.3) is 0 Å². The summed E-state index contributed by atoms with van der Waals surface area (Å²) in [7, 11) is 0. The van der Waals surface area contributed by atoms with Gasteiger partial charge >= 0.3 is 0 Å². The molecule has 0 saturated heterocycles. The van der Waals surface area contributed by atoms with Crippen LogP contribution in [0.1, 0.15) is 46.1 Å². The predicted molar refractivity (Wildman–Crippen MR) is 70.7 cm³/mol. The molecule has 0 saturated carbocycles. The van der Waals surface area contributed by atoms with Crippen LogP contribution in [-0.2, 0) is 0 Å². The Bertz CT molecular complexity index is 303. The molecular weight excluding hydrogens is 200 g/mol. The minimum absolute atomic E-state index is 0.312. The van der Waals surface area contributed by atoms with E-state index in [9.17, 15) is 0 Å². The summed E-state index contributed by atoms with van der Waals surface area (Å²) in [5, 5.41) is 0. The average Bonchev–Trinajstić information content (AvgIpc) is 2.05. The summed E-state index contributed by atoms with van der Waals surface area (Å²) in [6.45, 7) is 11.5. The van der Waals surface area contributed by atoms with Gasteiger partial charge < -0.3 is 0 Å². The molecule has 0 spiro atoms. The molecule has 0 heterocycles. The maximum Gasteiger partial charge on any atom is 0.00401 e. The Morgan fingerprint density at radius 2 is 1.47 bits per heavy atom. The lowest BCUT2D eigenvalue weighted by Gasteiger charge is -2.34. The van der Waals surface area contributed by atoms with Gasteiger partial charge in [0, 0.05) is 4.90 Å². The fourth-order valence-corrected chi connectivity index (χ4v) is 2.72.